The van der Waals surface area contributed by atoms with Gasteiger partial charge in [-0.25, -0.2) is 4.98 Å². The molecule has 0 aliphatic carbocycles. The average Bonchev–Trinajstić information content (AvgIpc) is 3.28. The number of carbonyl (C=O) groups excluding carboxylic acids is 1. The fourth-order valence-electron chi connectivity index (χ4n) is 4.22. The van der Waals surface area contributed by atoms with Crippen LogP contribution in [0.4, 0.5) is 5.95 Å². The Hall–Kier alpha value is -3.52. The number of nitrogens with zero attached hydrogens (tertiary/aromatic N) is 3. The summed E-state index contributed by atoms with van der Waals surface area (Å²) in [6.45, 7) is 3.79. The summed E-state index contributed by atoms with van der Waals surface area (Å²) in [6, 6.07) is 12.0. The van der Waals surface area contributed by atoms with Crippen LogP contribution in [0.15, 0.2) is 59.0 Å². The van der Waals surface area contributed by atoms with Gasteiger partial charge < -0.3 is 10.2 Å². The summed E-state index contributed by atoms with van der Waals surface area (Å²) in [5.41, 5.74) is 4.74. The molecule has 1 amide bonds. The highest BCUT2D eigenvalue weighted by atomic mass is 32.1. The largest absolute Gasteiger partial charge is 0.352 e. The Bertz CT molecular complexity index is 1330. The maximum atomic E-state index is 12.8. The fourth-order valence-corrected chi connectivity index (χ4v) is 5.13. The molecule has 1 atom stereocenters. The number of aryl methyl sites for hydroxylation is 1. The van der Waals surface area contributed by atoms with Crippen LogP contribution in [0.2, 0.25) is 0 Å². The maximum absolute atomic E-state index is 12.8. The third kappa shape index (κ3) is 4.52. The van der Waals surface area contributed by atoms with E-state index in [4.69, 9.17) is 4.98 Å². The molecule has 1 fully saturated rings. The predicted octanol–water partition coefficient (Wildman–Crippen LogP) is 3.89. The number of amides is 1. The molecule has 1 aromatic carbocycles. The van der Waals surface area contributed by atoms with Gasteiger partial charge in [-0.2, -0.15) is 0 Å². The number of piperidine rings is 1. The van der Waals surface area contributed by atoms with Gasteiger partial charge in [-0.3, -0.25) is 19.6 Å². The summed E-state index contributed by atoms with van der Waals surface area (Å²) < 4.78 is 0.622. The van der Waals surface area contributed by atoms with E-state index in [2.05, 4.69) is 46.5 Å². The van der Waals surface area contributed by atoms with Crippen molar-refractivity contribution in [2.45, 2.75) is 26.3 Å². The van der Waals surface area contributed by atoms with Gasteiger partial charge in [0.15, 0.2) is 0 Å². The lowest BCUT2D eigenvalue weighted by Crippen LogP contribution is -2.44. The van der Waals surface area contributed by atoms with Crippen molar-refractivity contribution in [3.05, 3.63) is 75.7 Å². The van der Waals surface area contributed by atoms with Crippen LogP contribution in [0, 0.1) is 12.8 Å². The summed E-state index contributed by atoms with van der Waals surface area (Å²) in [6.07, 6.45) is 5.15. The van der Waals surface area contributed by atoms with Gasteiger partial charge in [0.05, 0.1) is 11.4 Å². The third-order valence-electron chi connectivity index (χ3n) is 6.06. The molecule has 0 saturated carbocycles. The Morgan fingerprint density at radius 2 is 2.12 bits per heavy atom. The van der Waals surface area contributed by atoms with E-state index >= 15 is 0 Å². The van der Waals surface area contributed by atoms with E-state index in [1.165, 1.54) is 16.9 Å². The smallest absolute Gasteiger partial charge is 0.270 e. The lowest BCUT2D eigenvalue weighted by Gasteiger charge is -2.32. The second-order valence-electron chi connectivity index (χ2n) is 8.45. The first-order chi connectivity index (χ1) is 16.1. The van der Waals surface area contributed by atoms with Crippen molar-refractivity contribution >= 4 is 33.4 Å². The van der Waals surface area contributed by atoms with E-state index in [0.717, 1.165) is 36.1 Å². The molecule has 0 bridgehead atoms. The van der Waals surface area contributed by atoms with Crippen LogP contribution < -0.4 is 15.8 Å². The summed E-state index contributed by atoms with van der Waals surface area (Å²) in [5, 5.41) is 5.01. The van der Waals surface area contributed by atoms with Gasteiger partial charge in [-0.15, -0.1) is 11.3 Å². The van der Waals surface area contributed by atoms with Crippen molar-refractivity contribution in [3.8, 4) is 11.1 Å². The number of hydrogen-bond donors (Lipinski definition) is 2. The highest BCUT2D eigenvalue weighted by Crippen LogP contribution is 2.32. The molecular formula is C25H25N5O2S. The third-order valence-corrected chi connectivity index (χ3v) is 7.03. The Morgan fingerprint density at radius 3 is 2.91 bits per heavy atom. The summed E-state index contributed by atoms with van der Waals surface area (Å²) in [7, 11) is 0. The van der Waals surface area contributed by atoms with Crippen molar-refractivity contribution in [1.29, 1.82) is 0 Å². The fraction of sp³-hybridized carbons (Fsp3) is 0.280. The molecule has 3 aromatic heterocycles. The van der Waals surface area contributed by atoms with Crippen LogP contribution in [0.25, 0.3) is 21.3 Å². The number of thiophene rings is 1. The normalized spacial score (nSPS) is 16.2. The Morgan fingerprint density at radius 1 is 1.27 bits per heavy atom. The first-order valence-corrected chi connectivity index (χ1v) is 12.0. The zero-order chi connectivity index (χ0) is 22.8. The molecule has 0 unspecified atom stereocenters. The van der Waals surface area contributed by atoms with Crippen LogP contribution in [0.1, 0.15) is 24.0 Å². The van der Waals surface area contributed by atoms with E-state index in [-0.39, 0.29) is 17.4 Å². The first-order valence-electron chi connectivity index (χ1n) is 11.1. The van der Waals surface area contributed by atoms with E-state index in [1.807, 2.05) is 22.4 Å². The topological polar surface area (TPSA) is 91.0 Å². The summed E-state index contributed by atoms with van der Waals surface area (Å²) in [5.74, 6) is 0.391. The molecule has 33 heavy (non-hydrogen) atoms. The number of aromatic amines is 1. The molecule has 7 nitrogen and oxygen atoms in total. The maximum Gasteiger partial charge on any atom is 0.270 e. The molecule has 8 heteroatoms. The van der Waals surface area contributed by atoms with E-state index in [1.54, 1.807) is 12.4 Å². The first kappa shape index (κ1) is 21.3. The van der Waals surface area contributed by atoms with Crippen LogP contribution in [-0.4, -0.2) is 33.9 Å². The molecule has 4 aromatic rings. The minimum absolute atomic E-state index is 0.0165. The van der Waals surface area contributed by atoms with E-state index in [9.17, 15) is 9.59 Å². The second-order valence-corrected chi connectivity index (χ2v) is 9.33. The summed E-state index contributed by atoms with van der Waals surface area (Å²) >= 11 is 1.41. The minimum atomic E-state index is -0.157. The van der Waals surface area contributed by atoms with Gasteiger partial charge in [-0.05, 0) is 37.0 Å². The Balaban J connectivity index is 1.37. The molecule has 168 valence electrons. The molecule has 0 radical (unpaired) electrons. The molecule has 4 heterocycles. The molecule has 1 saturated heterocycles. The number of nitrogens with one attached hydrogen (secondary N) is 2. The quantitative estimate of drug-likeness (QED) is 0.473. The molecule has 0 spiro atoms. The number of carbonyl (C=O) groups is 1. The number of anilines is 1. The van der Waals surface area contributed by atoms with Gasteiger partial charge in [0.1, 0.15) is 4.70 Å². The van der Waals surface area contributed by atoms with Crippen molar-refractivity contribution < 1.29 is 4.79 Å². The lowest BCUT2D eigenvalue weighted by atomic mass is 9.97. The van der Waals surface area contributed by atoms with Gasteiger partial charge in [0.2, 0.25) is 11.9 Å². The van der Waals surface area contributed by atoms with E-state index < -0.39 is 0 Å². The van der Waals surface area contributed by atoms with Crippen molar-refractivity contribution in [2.24, 2.45) is 5.92 Å². The van der Waals surface area contributed by atoms with Gasteiger partial charge >= 0.3 is 0 Å². The number of benzene rings is 1. The molecule has 1 aliphatic rings. The van der Waals surface area contributed by atoms with Crippen molar-refractivity contribution in [3.63, 3.8) is 0 Å². The zero-order valence-electron chi connectivity index (χ0n) is 18.4. The van der Waals surface area contributed by atoms with E-state index in [0.29, 0.717) is 29.3 Å². The highest BCUT2D eigenvalue weighted by Gasteiger charge is 2.27. The van der Waals surface area contributed by atoms with Gasteiger partial charge in [0, 0.05) is 43.0 Å². The zero-order valence-corrected chi connectivity index (χ0v) is 19.2. The predicted molar refractivity (Wildman–Crippen MR) is 131 cm³/mol. The second kappa shape index (κ2) is 9.15. The standard InChI is InChI=1S/C25H25N5O2S/c1-16-6-8-18(9-7-16)20-15-33-22-21(20)28-25(29-24(22)32)30-11-3-5-19(14-30)23(31)27-13-17-4-2-10-26-12-17/h2,4,6-10,12,15,19H,3,5,11,13-14H2,1H3,(H,27,31)(H,28,29,32)/t19-/m1/s1. The molecule has 2 N–H and O–H groups in total. The average molecular weight is 460 g/mol. The SMILES string of the molecule is Cc1ccc(-c2csc3c(=O)[nH]c(N4CCC[C@@H](C(=O)NCc5cccnc5)C4)nc23)cc1. The molecule has 5 rings (SSSR count). The monoisotopic (exact) mass is 459 g/mol. The number of aromatic nitrogens is 3. The summed E-state index contributed by atoms with van der Waals surface area (Å²) in [4.78, 5) is 39.5. The van der Waals surface area contributed by atoms with Crippen LogP contribution in [0.3, 0.4) is 0 Å². The highest BCUT2D eigenvalue weighted by molar-refractivity contribution is 7.17. The van der Waals surface area contributed by atoms with Crippen LogP contribution >= 0.6 is 11.3 Å². The number of fused-ring (bicyclic) bond motifs is 1. The van der Waals surface area contributed by atoms with Gasteiger partial charge in [0.25, 0.3) is 5.56 Å². The van der Waals surface area contributed by atoms with Crippen LogP contribution in [0.5, 0.6) is 0 Å². The molecule has 1 aliphatic heterocycles. The minimum Gasteiger partial charge on any atom is -0.352 e. The van der Waals surface area contributed by atoms with Crippen LogP contribution in [-0.2, 0) is 11.3 Å². The van der Waals surface area contributed by atoms with Gasteiger partial charge in [-0.1, -0.05) is 35.9 Å². The van der Waals surface area contributed by atoms with Crippen molar-refractivity contribution in [2.75, 3.05) is 18.0 Å². The molecular weight excluding hydrogens is 434 g/mol. The number of hydrogen-bond acceptors (Lipinski definition) is 6. The Kier molecular flexibility index (Phi) is 5.92. The lowest BCUT2D eigenvalue weighted by molar-refractivity contribution is -0.125. The number of rotatable bonds is 5. The Labute approximate surface area is 195 Å². The number of pyridine rings is 1. The van der Waals surface area contributed by atoms with Crippen molar-refractivity contribution in [1.82, 2.24) is 20.3 Å². The number of H-pyrrole nitrogens is 1.